The van der Waals surface area contributed by atoms with Crippen molar-refractivity contribution < 1.29 is 14.3 Å². The fraction of sp³-hybridized carbons (Fsp3) is 0.438. The summed E-state index contributed by atoms with van der Waals surface area (Å²) in [6.07, 6.45) is 6.36. The van der Waals surface area contributed by atoms with E-state index >= 15 is 0 Å². The lowest BCUT2D eigenvalue weighted by molar-refractivity contribution is -0.136. The molecule has 1 saturated carbocycles. The van der Waals surface area contributed by atoms with Crippen LogP contribution < -0.4 is 15.5 Å². The van der Waals surface area contributed by atoms with E-state index in [1.165, 1.54) is 12.8 Å². The van der Waals surface area contributed by atoms with Gasteiger partial charge in [-0.25, -0.2) is 5.43 Å². The Balaban J connectivity index is 1.85. The molecule has 2 N–H and O–H groups in total. The monoisotopic (exact) mass is 303 g/mol. The van der Waals surface area contributed by atoms with Gasteiger partial charge in [-0.3, -0.25) is 9.59 Å². The molecule has 0 aromatic heterocycles. The maximum absolute atomic E-state index is 11.8. The summed E-state index contributed by atoms with van der Waals surface area (Å²) in [6.45, 7) is 0. The summed E-state index contributed by atoms with van der Waals surface area (Å²) in [5.41, 5.74) is 3.83. The molecule has 1 aromatic carbocycles. The standard InChI is InChI=1S/C16H21N3O3/c1-22-14-10-8-12(9-11-14)17-15(20)16(21)19-18-13-6-4-2-3-5-7-13/h8-11H,2-7H2,1H3,(H,17,20)(H,19,21). The van der Waals surface area contributed by atoms with Crippen LogP contribution in [-0.4, -0.2) is 24.6 Å². The number of nitrogens with zero attached hydrogens (tertiary/aromatic N) is 1. The van der Waals surface area contributed by atoms with Crippen LogP contribution in [0.4, 0.5) is 5.69 Å². The Bertz CT molecular complexity index is 542. The zero-order valence-electron chi connectivity index (χ0n) is 12.7. The highest BCUT2D eigenvalue weighted by atomic mass is 16.5. The molecule has 6 heteroatoms. The fourth-order valence-corrected chi connectivity index (χ4v) is 2.29. The first-order valence-corrected chi connectivity index (χ1v) is 7.50. The second kappa shape index (κ2) is 8.17. The van der Waals surface area contributed by atoms with Gasteiger partial charge in [0, 0.05) is 11.4 Å². The Morgan fingerprint density at radius 2 is 1.64 bits per heavy atom. The molecule has 118 valence electrons. The van der Waals surface area contributed by atoms with Crippen LogP contribution in [0.5, 0.6) is 5.75 Å². The Hall–Kier alpha value is -2.37. The van der Waals surface area contributed by atoms with Crippen molar-refractivity contribution in [1.29, 1.82) is 0 Å². The van der Waals surface area contributed by atoms with Crippen molar-refractivity contribution in [1.82, 2.24) is 5.43 Å². The van der Waals surface area contributed by atoms with Crippen LogP contribution in [0.3, 0.4) is 0 Å². The molecular weight excluding hydrogens is 282 g/mol. The number of benzene rings is 1. The smallest absolute Gasteiger partial charge is 0.329 e. The van der Waals surface area contributed by atoms with E-state index in [4.69, 9.17) is 4.74 Å². The molecule has 0 unspecified atom stereocenters. The zero-order valence-corrected chi connectivity index (χ0v) is 12.7. The summed E-state index contributed by atoms with van der Waals surface area (Å²) >= 11 is 0. The SMILES string of the molecule is COc1ccc(NC(=O)C(=O)NN=C2CCCCCC2)cc1. The molecule has 22 heavy (non-hydrogen) atoms. The van der Waals surface area contributed by atoms with Gasteiger partial charge in [0.2, 0.25) is 0 Å². The zero-order chi connectivity index (χ0) is 15.8. The molecule has 0 spiro atoms. The van der Waals surface area contributed by atoms with Crippen LogP contribution in [0.1, 0.15) is 38.5 Å². The molecule has 2 rings (SSSR count). The quantitative estimate of drug-likeness (QED) is 0.511. The van der Waals surface area contributed by atoms with Crippen LogP contribution in [0.25, 0.3) is 0 Å². The number of hydrogen-bond donors (Lipinski definition) is 2. The lowest BCUT2D eigenvalue weighted by atomic mass is 10.2. The highest BCUT2D eigenvalue weighted by Crippen LogP contribution is 2.15. The lowest BCUT2D eigenvalue weighted by Crippen LogP contribution is -2.33. The van der Waals surface area contributed by atoms with Crippen molar-refractivity contribution >= 4 is 23.2 Å². The molecule has 0 bridgehead atoms. The third kappa shape index (κ3) is 4.87. The Morgan fingerprint density at radius 1 is 1.00 bits per heavy atom. The number of carbonyl (C=O) groups excluding carboxylic acids is 2. The number of carbonyl (C=O) groups is 2. The Morgan fingerprint density at radius 3 is 2.23 bits per heavy atom. The fourth-order valence-electron chi connectivity index (χ4n) is 2.29. The minimum Gasteiger partial charge on any atom is -0.497 e. The minimum absolute atomic E-state index is 0.531. The molecule has 1 fully saturated rings. The van der Waals surface area contributed by atoms with Gasteiger partial charge in [-0.2, -0.15) is 5.10 Å². The maximum Gasteiger partial charge on any atom is 0.329 e. The number of rotatable bonds is 3. The van der Waals surface area contributed by atoms with Gasteiger partial charge in [0.25, 0.3) is 0 Å². The maximum atomic E-state index is 11.8. The van der Waals surface area contributed by atoms with Crippen molar-refractivity contribution in [2.45, 2.75) is 38.5 Å². The minimum atomic E-state index is -0.757. The van der Waals surface area contributed by atoms with Crippen molar-refractivity contribution in [3.8, 4) is 5.75 Å². The lowest BCUT2D eigenvalue weighted by Gasteiger charge is -2.06. The number of amides is 2. The van der Waals surface area contributed by atoms with Crippen molar-refractivity contribution in [3.63, 3.8) is 0 Å². The van der Waals surface area contributed by atoms with Gasteiger partial charge in [0.05, 0.1) is 7.11 Å². The molecule has 2 amide bonds. The van der Waals surface area contributed by atoms with Gasteiger partial charge in [-0.15, -0.1) is 0 Å². The average molecular weight is 303 g/mol. The van der Waals surface area contributed by atoms with Gasteiger partial charge in [0.15, 0.2) is 0 Å². The third-order valence-corrected chi connectivity index (χ3v) is 3.55. The number of hydrazone groups is 1. The second-order valence-corrected chi connectivity index (χ2v) is 5.22. The van der Waals surface area contributed by atoms with Gasteiger partial charge in [-0.1, -0.05) is 12.8 Å². The van der Waals surface area contributed by atoms with Crippen LogP contribution >= 0.6 is 0 Å². The summed E-state index contributed by atoms with van der Waals surface area (Å²) < 4.78 is 5.03. The highest BCUT2D eigenvalue weighted by molar-refractivity contribution is 6.39. The topological polar surface area (TPSA) is 79.8 Å². The van der Waals surface area contributed by atoms with Gasteiger partial charge in [0.1, 0.15) is 5.75 Å². The normalized spacial score (nSPS) is 14.7. The second-order valence-electron chi connectivity index (χ2n) is 5.22. The molecule has 0 atom stereocenters. The number of ether oxygens (including phenoxy) is 1. The first-order chi connectivity index (χ1) is 10.7. The predicted octanol–water partition coefficient (Wildman–Crippen LogP) is 2.46. The van der Waals surface area contributed by atoms with Gasteiger partial charge in [-0.05, 0) is 49.9 Å². The molecule has 1 aliphatic rings. The third-order valence-electron chi connectivity index (χ3n) is 3.55. The predicted molar refractivity (Wildman–Crippen MR) is 84.9 cm³/mol. The van der Waals surface area contributed by atoms with Gasteiger partial charge >= 0.3 is 11.8 Å². The summed E-state index contributed by atoms with van der Waals surface area (Å²) in [7, 11) is 1.56. The number of anilines is 1. The number of nitrogens with one attached hydrogen (secondary N) is 2. The van der Waals surface area contributed by atoms with Crippen LogP contribution in [0.2, 0.25) is 0 Å². The number of methoxy groups -OCH3 is 1. The molecule has 0 radical (unpaired) electrons. The Kier molecular flexibility index (Phi) is 5.94. The van der Waals surface area contributed by atoms with E-state index < -0.39 is 11.8 Å². The summed E-state index contributed by atoms with van der Waals surface area (Å²) in [6, 6.07) is 6.75. The van der Waals surface area contributed by atoms with Crippen molar-refractivity contribution in [2.24, 2.45) is 5.10 Å². The van der Waals surface area contributed by atoms with E-state index in [0.29, 0.717) is 11.4 Å². The highest BCUT2D eigenvalue weighted by Gasteiger charge is 2.14. The van der Waals surface area contributed by atoms with Gasteiger partial charge < -0.3 is 10.1 Å². The summed E-state index contributed by atoms with van der Waals surface area (Å²) in [5.74, 6) is -0.807. The molecule has 0 aliphatic heterocycles. The van der Waals surface area contributed by atoms with E-state index in [9.17, 15) is 9.59 Å². The largest absolute Gasteiger partial charge is 0.497 e. The van der Waals surface area contributed by atoms with Crippen LogP contribution in [-0.2, 0) is 9.59 Å². The molecule has 1 aliphatic carbocycles. The first-order valence-electron chi connectivity index (χ1n) is 7.50. The molecule has 1 aromatic rings. The Labute approximate surface area is 129 Å². The number of hydrogen-bond acceptors (Lipinski definition) is 4. The molecule has 6 nitrogen and oxygen atoms in total. The van der Waals surface area contributed by atoms with E-state index in [1.54, 1.807) is 31.4 Å². The molecular formula is C16H21N3O3. The first kappa shape index (κ1) is 16.0. The van der Waals surface area contributed by atoms with E-state index in [2.05, 4.69) is 15.8 Å². The summed E-state index contributed by atoms with van der Waals surface area (Å²) in [4.78, 5) is 23.5. The summed E-state index contributed by atoms with van der Waals surface area (Å²) in [5, 5.41) is 6.59. The van der Waals surface area contributed by atoms with Crippen molar-refractivity contribution in [3.05, 3.63) is 24.3 Å². The van der Waals surface area contributed by atoms with E-state index in [1.807, 2.05) is 0 Å². The van der Waals surface area contributed by atoms with E-state index in [-0.39, 0.29) is 0 Å². The molecule has 0 saturated heterocycles. The molecule has 0 heterocycles. The van der Waals surface area contributed by atoms with Crippen LogP contribution in [0.15, 0.2) is 29.4 Å². The van der Waals surface area contributed by atoms with Crippen molar-refractivity contribution in [2.75, 3.05) is 12.4 Å². The van der Waals surface area contributed by atoms with E-state index in [0.717, 1.165) is 31.4 Å². The van der Waals surface area contributed by atoms with Crippen LogP contribution in [0, 0.1) is 0 Å². The average Bonchev–Trinajstić information content (AvgIpc) is 2.82.